The van der Waals surface area contributed by atoms with Crippen LogP contribution in [0.2, 0.25) is 0 Å². The number of methoxy groups -OCH3 is 1. The normalized spacial score (nSPS) is 31.8. The molecule has 0 saturated heterocycles. The van der Waals surface area contributed by atoms with Gasteiger partial charge in [0.05, 0.1) is 7.11 Å². The number of esters is 1. The topological polar surface area (TPSA) is 38.3 Å². The van der Waals surface area contributed by atoms with E-state index in [4.69, 9.17) is 0 Å². The highest BCUT2D eigenvalue weighted by Gasteiger charge is 2.38. The van der Waals surface area contributed by atoms with Crippen LogP contribution in [0.5, 0.6) is 0 Å². The van der Waals surface area contributed by atoms with Crippen molar-refractivity contribution in [2.75, 3.05) is 13.7 Å². The number of carbonyl (C=O) groups is 1. The van der Waals surface area contributed by atoms with Gasteiger partial charge < -0.3 is 10.1 Å². The molecule has 96 valence electrons. The average molecular weight is 237 g/mol. The van der Waals surface area contributed by atoms with Crippen LogP contribution < -0.4 is 5.32 Å². The lowest BCUT2D eigenvalue weighted by Gasteiger charge is -2.26. The van der Waals surface area contributed by atoms with E-state index in [1.165, 1.54) is 20.0 Å². The molecular weight excluding hydrogens is 214 g/mol. The third kappa shape index (κ3) is 3.09. The second-order valence-corrected chi connectivity index (χ2v) is 5.37. The first-order valence-electron chi connectivity index (χ1n) is 6.69. The first-order valence-corrected chi connectivity index (χ1v) is 6.69. The van der Waals surface area contributed by atoms with Crippen LogP contribution in [-0.4, -0.2) is 25.7 Å². The van der Waals surface area contributed by atoms with E-state index in [1.807, 2.05) is 0 Å². The van der Waals surface area contributed by atoms with E-state index in [2.05, 4.69) is 29.1 Å². The molecule has 2 aliphatic carbocycles. The largest absolute Gasteiger partial charge is 0.469 e. The maximum Gasteiger partial charge on any atom is 0.305 e. The summed E-state index contributed by atoms with van der Waals surface area (Å²) in [7, 11) is 1.44. The lowest BCUT2D eigenvalue weighted by molar-refractivity contribution is -0.140. The molecule has 0 spiro atoms. The van der Waals surface area contributed by atoms with Gasteiger partial charge >= 0.3 is 5.97 Å². The highest BCUT2D eigenvalue weighted by atomic mass is 16.5. The van der Waals surface area contributed by atoms with E-state index in [1.54, 1.807) is 0 Å². The fourth-order valence-electron chi connectivity index (χ4n) is 3.21. The van der Waals surface area contributed by atoms with Crippen molar-refractivity contribution < 1.29 is 9.53 Å². The summed E-state index contributed by atoms with van der Waals surface area (Å²) in [4.78, 5) is 11.0. The smallest absolute Gasteiger partial charge is 0.305 e. The maximum absolute atomic E-state index is 11.0. The predicted molar refractivity (Wildman–Crippen MR) is 67.6 cm³/mol. The van der Waals surface area contributed by atoms with Crippen molar-refractivity contribution in [3.63, 3.8) is 0 Å². The Labute approximate surface area is 104 Å². The Morgan fingerprint density at radius 1 is 1.47 bits per heavy atom. The Morgan fingerprint density at radius 3 is 2.88 bits per heavy atom. The number of rotatable bonds is 6. The maximum atomic E-state index is 11.0. The van der Waals surface area contributed by atoms with Gasteiger partial charge in [-0.15, -0.1) is 0 Å². The van der Waals surface area contributed by atoms with Crippen molar-refractivity contribution in [1.82, 2.24) is 5.32 Å². The van der Waals surface area contributed by atoms with Crippen molar-refractivity contribution in [3.8, 4) is 0 Å². The molecule has 4 unspecified atom stereocenters. The molecule has 1 fully saturated rings. The van der Waals surface area contributed by atoms with E-state index in [0.29, 0.717) is 12.5 Å². The number of allylic oxidation sites excluding steroid dienone is 2. The Bertz CT molecular complexity index is 301. The predicted octanol–water partition coefficient (Wildman–Crippen LogP) is 2.13. The summed E-state index contributed by atoms with van der Waals surface area (Å²) in [5, 5.41) is 3.55. The molecule has 1 N–H and O–H groups in total. The lowest BCUT2D eigenvalue weighted by atomic mass is 9.87. The molecule has 17 heavy (non-hydrogen) atoms. The van der Waals surface area contributed by atoms with E-state index in [0.717, 1.165) is 30.7 Å². The molecule has 0 amide bonds. The molecule has 3 nitrogen and oxygen atoms in total. The van der Waals surface area contributed by atoms with Gasteiger partial charge in [-0.2, -0.15) is 0 Å². The van der Waals surface area contributed by atoms with Crippen LogP contribution in [0.1, 0.15) is 32.6 Å². The zero-order valence-corrected chi connectivity index (χ0v) is 10.8. The molecule has 0 heterocycles. The van der Waals surface area contributed by atoms with E-state index in [9.17, 15) is 4.79 Å². The average Bonchev–Trinajstić information content (AvgIpc) is 2.96. The van der Waals surface area contributed by atoms with Crippen LogP contribution in [0.15, 0.2) is 12.2 Å². The fraction of sp³-hybridized carbons (Fsp3) is 0.786. The van der Waals surface area contributed by atoms with E-state index >= 15 is 0 Å². The highest BCUT2D eigenvalue weighted by molar-refractivity contribution is 5.69. The summed E-state index contributed by atoms with van der Waals surface area (Å²) in [6.45, 7) is 3.19. The van der Waals surface area contributed by atoms with Crippen LogP contribution in [0, 0.1) is 17.8 Å². The number of ether oxygens (including phenoxy) is 1. The Morgan fingerprint density at radius 2 is 2.29 bits per heavy atom. The van der Waals surface area contributed by atoms with Gasteiger partial charge in [0.15, 0.2) is 0 Å². The van der Waals surface area contributed by atoms with Crippen LogP contribution in [0.3, 0.4) is 0 Å². The van der Waals surface area contributed by atoms with Gasteiger partial charge in [0.25, 0.3) is 0 Å². The van der Waals surface area contributed by atoms with E-state index in [-0.39, 0.29) is 5.97 Å². The summed E-state index contributed by atoms with van der Waals surface area (Å²) in [5.41, 5.74) is 0. The van der Waals surface area contributed by atoms with Crippen LogP contribution >= 0.6 is 0 Å². The second kappa shape index (κ2) is 5.67. The van der Waals surface area contributed by atoms with Crippen LogP contribution in [0.4, 0.5) is 0 Å². The minimum Gasteiger partial charge on any atom is -0.469 e. The van der Waals surface area contributed by atoms with E-state index < -0.39 is 0 Å². The Kier molecular flexibility index (Phi) is 4.21. The quantitative estimate of drug-likeness (QED) is 0.437. The number of nitrogens with one attached hydrogen (secondary N) is 1. The van der Waals surface area contributed by atoms with Gasteiger partial charge in [-0.1, -0.05) is 12.2 Å². The number of hydrogen-bond acceptors (Lipinski definition) is 3. The highest BCUT2D eigenvalue weighted by Crippen LogP contribution is 2.44. The van der Waals surface area contributed by atoms with Crippen molar-refractivity contribution in [2.45, 2.75) is 38.6 Å². The number of hydrogen-bond donors (Lipinski definition) is 1. The third-order valence-corrected chi connectivity index (χ3v) is 4.22. The molecule has 0 aromatic rings. The van der Waals surface area contributed by atoms with Crippen molar-refractivity contribution >= 4 is 5.97 Å². The fourth-order valence-corrected chi connectivity index (χ4v) is 3.21. The molecule has 2 bridgehead atoms. The molecule has 0 aliphatic heterocycles. The molecule has 0 aromatic carbocycles. The zero-order valence-electron chi connectivity index (χ0n) is 10.8. The summed E-state index contributed by atoms with van der Waals surface area (Å²) >= 11 is 0. The Hall–Kier alpha value is -0.830. The standard InChI is InChI=1S/C14H23NO2/c1-10(15-7-3-4-14(16)17-2)13-9-11-5-6-12(13)8-11/h5-6,10-13,15H,3-4,7-9H2,1-2H3. The molecule has 0 aromatic heterocycles. The SMILES string of the molecule is COC(=O)CCCNC(C)C1CC2C=CC1C2. The van der Waals surface area contributed by atoms with Gasteiger partial charge in [0.2, 0.25) is 0 Å². The summed E-state index contributed by atoms with van der Waals surface area (Å²) in [5.74, 6) is 2.32. The van der Waals surface area contributed by atoms with Gasteiger partial charge in [0.1, 0.15) is 0 Å². The first-order chi connectivity index (χ1) is 8.20. The molecule has 1 saturated carbocycles. The molecule has 4 atom stereocenters. The minimum atomic E-state index is -0.109. The molecular formula is C14H23NO2. The minimum absolute atomic E-state index is 0.109. The lowest BCUT2D eigenvalue weighted by Crippen LogP contribution is -2.36. The zero-order chi connectivity index (χ0) is 12.3. The van der Waals surface area contributed by atoms with Crippen LogP contribution in [-0.2, 0) is 9.53 Å². The monoisotopic (exact) mass is 237 g/mol. The van der Waals surface area contributed by atoms with Gasteiger partial charge in [0, 0.05) is 12.5 Å². The van der Waals surface area contributed by atoms with Gasteiger partial charge in [-0.05, 0) is 50.5 Å². The number of carbonyl (C=O) groups excluding carboxylic acids is 1. The number of fused-ring (bicyclic) bond motifs is 2. The molecule has 2 rings (SSSR count). The first kappa shape index (κ1) is 12.6. The molecule has 3 heteroatoms. The second-order valence-electron chi connectivity index (χ2n) is 5.37. The van der Waals surface area contributed by atoms with Gasteiger partial charge in [-0.25, -0.2) is 0 Å². The van der Waals surface area contributed by atoms with Gasteiger partial charge in [-0.3, -0.25) is 4.79 Å². The van der Waals surface area contributed by atoms with Crippen molar-refractivity contribution in [3.05, 3.63) is 12.2 Å². The van der Waals surface area contributed by atoms with Crippen LogP contribution in [0.25, 0.3) is 0 Å². The summed E-state index contributed by atoms with van der Waals surface area (Å²) in [6.07, 6.45) is 8.86. The summed E-state index contributed by atoms with van der Waals surface area (Å²) in [6, 6.07) is 0.563. The van der Waals surface area contributed by atoms with Crippen molar-refractivity contribution in [1.29, 1.82) is 0 Å². The third-order valence-electron chi connectivity index (χ3n) is 4.22. The molecule has 0 radical (unpaired) electrons. The Balaban J connectivity index is 1.63. The molecule has 2 aliphatic rings. The van der Waals surface area contributed by atoms with Crippen molar-refractivity contribution in [2.24, 2.45) is 17.8 Å². The summed E-state index contributed by atoms with van der Waals surface area (Å²) < 4.78 is 4.62.